The maximum atomic E-state index is 12.6. The van der Waals surface area contributed by atoms with Gasteiger partial charge < -0.3 is 9.84 Å². The van der Waals surface area contributed by atoms with Crippen molar-refractivity contribution in [3.63, 3.8) is 0 Å². The molecule has 1 aliphatic heterocycles. The molecule has 1 fully saturated rings. The molecule has 1 aliphatic rings. The Balaban J connectivity index is 1.83. The van der Waals surface area contributed by atoms with Crippen LogP contribution >= 0.6 is 24.0 Å². The number of aromatic nitrogens is 1. The lowest BCUT2D eigenvalue weighted by Gasteiger charge is -2.13. The molecule has 0 bridgehead atoms. The molecule has 1 aromatic carbocycles. The number of hydrogen-bond donors (Lipinski definition) is 1. The second-order valence-electron chi connectivity index (χ2n) is 5.06. The molecule has 1 saturated heterocycles. The molecule has 0 aliphatic carbocycles. The van der Waals surface area contributed by atoms with Crippen LogP contribution in [0.25, 0.3) is 6.08 Å². The quantitative estimate of drug-likeness (QED) is 0.669. The predicted octanol–water partition coefficient (Wildman–Crippen LogP) is 3.20. The molecule has 0 radical (unpaired) electrons. The number of thiocarbonyl (C=S) groups is 1. The van der Waals surface area contributed by atoms with E-state index in [1.54, 1.807) is 35.5 Å². The van der Waals surface area contributed by atoms with Crippen molar-refractivity contribution in [2.75, 3.05) is 7.11 Å². The first-order valence-corrected chi connectivity index (χ1v) is 8.32. The molecule has 24 heavy (non-hydrogen) atoms. The summed E-state index contributed by atoms with van der Waals surface area (Å²) in [5, 5.41) is 9.64. The number of phenols is 1. The van der Waals surface area contributed by atoms with Crippen LogP contribution in [0.2, 0.25) is 0 Å². The van der Waals surface area contributed by atoms with Crippen molar-refractivity contribution < 1.29 is 14.6 Å². The third-order valence-electron chi connectivity index (χ3n) is 3.44. The Morgan fingerprint density at radius 3 is 2.96 bits per heavy atom. The van der Waals surface area contributed by atoms with Crippen molar-refractivity contribution in [2.45, 2.75) is 6.54 Å². The van der Waals surface area contributed by atoms with Crippen LogP contribution in [-0.2, 0) is 11.3 Å². The van der Waals surface area contributed by atoms with E-state index in [2.05, 4.69) is 4.98 Å². The van der Waals surface area contributed by atoms with Crippen LogP contribution in [0.1, 0.15) is 11.1 Å². The molecule has 7 heteroatoms. The number of benzene rings is 1. The van der Waals surface area contributed by atoms with Gasteiger partial charge in [-0.1, -0.05) is 36.1 Å². The van der Waals surface area contributed by atoms with Gasteiger partial charge in [0.1, 0.15) is 4.32 Å². The number of thioether (sulfide) groups is 1. The van der Waals surface area contributed by atoms with E-state index in [9.17, 15) is 9.90 Å². The number of hydrogen-bond acceptors (Lipinski definition) is 6. The normalized spacial score (nSPS) is 16.0. The highest BCUT2D eigenvalue weighted by Crippen LogP contribution is 2.35. The van der Waals surface area contributed by atoms with Crippen molar-refractivity contribution >= 4 is 40.3 Å². The number of aromatic hydroxyl groups is 1. The number of ether oxygens (including phenoxy) is 1. The third kappa shape index (κ3) is 3.42. The summed E-state index contributed by atoms with van der Waals surface area (Å²) in [6.45, 7) is 0.398. The van der Waals surface area contributed by atoms with E-state index < -0.39 is 0 Å². The minimum atomic E-state index is -0.138. The summed E-state index contributed by atoms with van der Waals surface area (Å²) in [6, 6.07) is 8.64. The van der Waals surface area contributed by atoms with Gasteiger partial charge in [0, 0.05) is 12.4 Å². The van der Waals surface area contributed by atoms with Crippen molar-refractivity contribution in [1.82, 2.24) is 9.88 Å². The van der Waals surface area contributed by atoms with Gasteiger partial charge >= 0.3 is 0 Å². The van der Waals surface area contributed by atoms with Crippen LogP contribution in [0, 0.1) is 0 Å². The van der Waals surface area contributed by atoms with Crippen molar-refractivity contribution in [1.29, 1.82) is 0 Å². The molecule has 5 nitrogen and oxygen atoms in total. The van der Waals surface area contributed by atoms with E-state index in [-0.39, 0.29) is 11.7 Å². The smallest absolute Gasteiger partial charge is 0.266 e. The molecule has 1 aromatic heterocycles. The molecule has 1 amide bonds. The Bertz CT molecular complexity index is 822. The van der Waals surface area contributed by atoms with Crippen LogP contribution in [0.5, 0.6) is 11.5 Å². The molecular formula is C17H14N2O3S2. The third-order valence-corrected chi connectivity index (χ3v) is 4.82. The zero-order chi connectivity index (χ0) is 17.1. The molecule has 0 unspecified atom stereocenters. The monoisotopic (exact) mass is 358 g/mol. The summed E-state index contributed by atoms with van der Waals surface area (Å²) in [7, 11) is 1.48. The average molecular weight is 358 g/mol. The lowest BCUT2D eigenvalue weighted by atomic mass is 10.2. The maximum absolute atomic E-state index is 12.6. The van der Waals surface area contributed by atoms with Gasteiger partial charge in [-0.25, -0.2) is 0 Å². The molecule has 0 saturated carbocycles. The fraction of sp³-hybridized carbons (Fsp3) is 0.118. The fourth-order valence-corrected chi connectivity index (χ4v) is 3.50. The van der Waals surface area contributed by atoms with E-state index in [0.29, 0.717) is 21.5 Å². The van der Waals surface area contributed by atoms with Crippen LogP contribution in [-0.4, -0.2) is 32.3 Å². The van der Waals surface area contributed by atoms with Gasteiger partial charge in [0.15, 0.2) is 11.5 Å². The van der Waals surface area contributed by atoms with E-state index in [1.165, 1.54) is 24.9 Å². The number of carbonyl (C=O) groups is 1. The van der Waals surface area contributed by atoms with Crippen molar-refractivity contribution in [3.05, 3.63) is 58.8 Å². The van der Waals surface area contributed by atoms with E-state index in [0.717, 1.165) is 11.1 Å². The number of nitrogens with zero attached hydrogens (tertiary/aromatic N) is 2. The predicted molar refractivity (Wildman–Crippen MR) is 97.6 cm³/mol. The van der Waals surface area contributed by atoms with Gasteiger partial charge in [0.2, 0.25) is 0 Å². The highest BCUT2D eigenvalue weighted by molar-refractivity contribution is 8.26. The lowest BCUT2D eigenvalue weighted by Crippen LogP contribution is -2.27. The highest BCUT2D eigenvalue weighted by atomic mass is 32.2. The van der Waals surface area contributed by atoms with Gasteiger partial charge in [-0.15, -0.1) is 0 Å². The molecule has 1 N–H and O–H groups in total. The molecule has 0 spiro atoms. The fourth-order valence-electron chi connectivity index (χ4n) is 2.25. The summed E-state index contributed by atoms with van der Waals surface area (Å²) in [5.74, 6) is 0.272. The van der Waals surface area contributed by atoms with E-state index in [1.807, 2.05) is 12.1 Å². The highest BCUT2D eigenvalue weighted by Gasteiger charge is 2.32. The number of amides is 1. The molecule has 122 valence electrons. The summed E-state index contributed by atoms with van der Waals surface area (Å²) >= 11 is 6.58. The molecule has 0 atom stereocenters. The number of methoxy groups -OCH3 is 1. The number of rotatable bonds is 4. The summed E-state index contributed by atoms with van der Waals surface area (Å²) in [6.07, 6.45) is 5.14. The van der Waals surface area contributed by atoms with Crippen molar-refractivity contribution in [3.8, 4) is 11.5 Å². The standard InChI is InChI=1S/C17H14N2O3S2/c1-22-14-7-11(4-5-13(14)20)8-15-16(21)19(17(23)24-15)10-12-3-2-6-18-9-12/h2-9,20H,10H2,1H3/b15-8+. The van der Waals surface area contributed by atoms with E-state index >= 15 is 0 Å². The molecular weight excluding hydrogens is 344 g/mol. The Morgan fingerprint density at radius 2 is 2.25 bits per heavy atom. The second-order valence-corrected chi connectivity index (χ2v) is 6.74. The second kappa shape index (κ2) is 7.02. The number of carbonyl (C=O) groups excluding carboxylic acids is 1. The van der Waals surface area contributed by atoms with Crippen LogP contribution in [0.15, 0.2) is 47.6 Å². The van der Waals surface area contributed by atoms with Crippen LogP contribution in [0.3, 0.4) is 0 Å². The van der Waals surface area contributed by atoms with Gasteiger partial charge in [0.25, 0.3) is 5.91 Å². The minimum absolute atomic E-state index is 0.0544. The molecule has 2 heterocycles. The van der Waals surface area contributed by atoms with Gasteiger partial charge in [-0.05, 0) is 35.4 Å². The largest absolute Gasteiger partial charge is 0.504 e. The van der Waals surface area contributed by atoms with Crippen molar-refractivity contribution in [2.24, 2.45) is 0 Å². The SMILES string of the molecule is COc1cc(/C=C2/SC(=S)N(Cc3cccnc3)C2=O)ccc1O. The van der Waals surface area contributed by atoms with Gasteiger partial charge in [0.05, 0.1) is 18.6 Å². The van der Waals surface area contributed by atoms with Crippen LogP contribution < -0.4 is 4.74 Å². The minimum Gasteiger partial charge on any atom is -0.504 e. The average Bonchev–Trinajstić information content (AvgIpc) is 2.85. The summed E-state index contributed by atoms with van der Waals surface area (Å²) in [4.78, 5) is 18.7. The Labute approximate surface area is 149 Å². The van der Waals surface area contributed by atoms with Crippen LogP contribution in [0.4, 0.5) is 0 Å². The van der Waals surface area contributed by atoms with Gasteiger partial charge in [-0.3, -0.25) is 14.7 Å². The lowest BCUT2D eigenvalue weighted by molar-refractivity contribution is -0.122. The Morgan fingerprint density at radius 1 is 1.42 bits per heavy atom. The van der Waals surface area contributed by atoms with E-state index in [4.69, 9.17) is 17.0 Å². The zero-order valence-corrected chi connectivity index (χ0v) is 14.4. The Hall–Kier alpha value is -2.38. The molecule has 2 aromatic rings. The first-order chi connectivity index (χ1) is 11.6. The van der Waals surface area contributed by atoms with Gasteiger partial charge in [-0.2, -0.15) is 0 Å². The maximum Gasteiger partial charge on any atom is 0.266 e. The topological polar surface area (TPSA) is 62.7 Å². The first kappa shape index (κ1) is 16.5. The summed E-state index contributed by atoms with van der Waals surface area (Å²) in [5.41, 5.74) is 1.67. The number of phenolic OH excluding ortho intramolecular Hbond substituents is 1. The summed E-state index contributed by atoms with van der Waals surface area (Å²) < 4.78 is 5.60. The first-order valence-electron chi connectivity index (χ1n) is 7.10. The number of pyridine rings is 1. The Kier molecular flexibility index (Phi) is 4.82. The molecule has 3 rings (SSSR count). The zero-order valence-electron chi connectivity index (χ0n) is 12.8.